The molecule has 0 bridgehead atoms. The fourth-order valence-electron chi connectivity index (χ4n) is 1.72. The van der Waals surface area contributed by atoms with Crippen LogP contribution >= 0.6 is 0 Å². The van der Waals surface area contributed by atoms with Gasteiger partial charge in [0.05, 0.1) is 12.9 Å². The highest BCUT2D eigenvalue weighted by atomic mass is 16.5. The number of carbonyl (C=O) groups is 1. The van der Waals surface area contributed by atoms with Gasteiger partial charge in [0.1, 0.15) is 18.9 Å². The lowest BCUT2D eigenvalue weighted by Crippen LogP contribution is -2.34. The molecule has 21 heavy (non-hydrogen) atoms. The Hall–Kier alpha value is -2.63. The van der Waals surface area contributed by atoms with E-state index in [4.69, 9.17) is 4.74 Å². The van der Waals surface area contributed by atoms with Gasteiger partial charge in [-0.25, -0.2) is 4.98 Å². The molecule has 2 rings (SSSR count). The normalized spacial score (nSPS) is 10.1. The van der Waals surface area contributed by atoms with Crippen molar-refractivity contribution in [3.05, 3.63) is 58.8 Å². The molecular formula is C15H17N3O3. The summed E-state index contributed by atoms with van der Waals surface area (Å²) in [6, 6.07) is 10.8. The summed E-state index contributed by atoms with van der Waals surface area (Å²) >= 11 is 0. The van der Waals surface area contributed by atoms with Crippen LogP contribution in [0, 0.1) is 6.92 Å². The maximum Gasteiger partial charge on any atom is 0.253 e. The van der Waals surface area contributed by atoms with E-state index in [1.54, 1.807) is 6.92 Å². The van der Waals surface area contributed by atoms with E-state index in [-0.39, 0.29) is 18.0 Å². The zero-order valence-corrected chi connectivity index (χ0v) is 11.8. The molecule has 0 aliphatic rings. The van der Waals surface area contributed by atoms with Gasteiger partial charge in [0.25, 0.3) is 5.56 Å². The summed E-state index contributed by atoms with van der Waals surface area (Å²) < 4.78 is 6.71. The van der Waals surface area contributed by atoms with Crippen LogP contribution in [-0.4, -0.2) is 28.6 Å². The van der Waals surface area contributed by atoms with Crippen LogP contribution in [0.15, 0.2) is 47.5 Å². The van der Waals surface area contributed by atoms with Gasteiger partial charge < -0.3 is 10.1 Å². The first-order valence-electron chi connectivity index (χ1n) is 6.63. The van der Waals surface area contributed by atoms with Crippen molar-refractivity contribution in [2.24, 2.45) is 0 Å². The van der Waals surface area contributed by atoms with E-state index >= 15 is 0 Å². The van der Waals surface area contributed by atoms with E-state index in [0.717, 1.165) is 5.75 Å². The first kappa shape index (κ1) is 14.8. The number of hydrogen-bond donors (Lipinski definition) is 1. The van der Waals surface area contributed by atoms with Crippen LogP contribution in [0.4, 0.5) is 0 Å². The van der Waals surface area contributed by atoms with Crippen molar-refractivity contribution in [3.8, 4) is 5.75 Å². The van der Waals surface area contributed by atoms with Gasteiger partial charge >= 0.3 is 0 Å². The number of carbonyl (C=O) groups excluding carboxylic acids is 1. The van der Waals surface area contributed by atoms with Crippen LogP contribution < -0.4 is 15.6 Å². The predicted octanol–water partition coefficient (Wildman–Crippen LogP) is 0.747. The molecule has 0 radical (unpaired) electrons. The molecule has 1 heterocycles. The molecule has 2 aromatic rings. The molecule has 0 atom stereocenters. The summed E-state index contributed by atoms with van der Waals surface area (Å²) in [6.45, 7) is 2.43. The number of nitrogens with zero attached hydrogens (tertiary/aromatic N) is 2. The van der Waals surface area contributed by atoms with Gasteiger partial charge in [0.15, 0.2) is 0 Å². The molecule has 0 aliphatic carbocycles. The van der Waals surface area contributed by atoms with Gasteiger partial charge in [-0.15, -0.1) is 0 Å². The van der Waals surface area contributed by atoms with E-state index in [9.17, 15) is 9.59 Å². The second-order valence-electron chi connectivity index (χ2n) is 4.51. The quantitative estimate of drug-likeness (QED) is 0.796. The number of hydrogen-bond acceptors (Lipinski definition) is 4. The minimum absolute atomic E-state index is 0.0442. The van der Waals surface area contributed by atoms with Gasteiger partial charge in [0.2, 0.25) is 5.91 Å². The van der Waals surface area contributed by atoms with Gasteiger partial charge in [-0.2, -0.15) is 0 Å². The van der Waals surface area contributed by atoms with E-state index in [0.29, 0.717) is 18.8 Å². The summed E-state index contributed by atoms with van der Waals surface area (Å²) in [5.74, 6) is 0.505. The second kappa shape index (κ2) is 7.23. The highest BCUT2D eigenvalue weighted by Crippen LogP contribution is 2.07. The van der Waals surface area contributed by atoms with Crippen molar-refractivity contribution in [1.29, 1.82) is 0 Å². The van der Waals surface area contributed by atoms with E-state index < -0.39 is 0 Å². The summed E-state index contributed by atoms with van der Waals surface area (Å²) in [4.78, 5) is 27.3. The summed E-state index contributed by atoms with van der Waals surface area (Å²) in [6.07, 6.45) is 1.37. The largest absolute Gasteiger partial charge is 0.492 e. The summed E-state index contributed by atoms with van der Waals surface area (Å²) in [7, 11) is 0. The third-order valence-corrected chi connectivity index (χ3v) is 2.77. The number of ether oxygens (including phenoxy) is 1. The molecule has 1 amide bonds. The number of benzene rings is 1. The number of nitrogens with one attached hydrogen (secondary N) is 1. The van der Waals surface area contributed by atoms with Crippen molar-refractivity contribution >= 4 is 5.91 Å². The molecule has 0 aliphatic heterocycles. The van der Waals surface area contributed by atoms with Gasteiger partial charge in [-0.1, -0.05) is 18.2 Å². The van der Waals surface area contributed by atoms with Crippen molar-refractivity contribution in [3.63, 3.8) is 0 Å². The molecule has 1 N–H and O–H groups in total. The summed E-state index contributed by atoms with van der Waals surface area (Å²) in [5.41, 5.74) is 0.395. The number of amides is 1. The molecule has 1 aromatic heterocycles. The number of aromatic nitrogens is 2. The van der Waals surface area contributed by atoms with Crippen LogP contribution in [0.2, 0.25) is 0 Å². The molecule has 0 saturated carbocycles. The number of rotatable bonds is 6. The first-order valence-corrected chi connectivity index (χ1v) is 6.63. The molecule has 6 nitrogen and oxygen atoms in total. The van der Waals surface area contributed by atoms with Crippen LogP contribution in [0.3, 0.4) is 0 Å². The Balaban J connectivity index is 1.74. The van der Waals surface area contributed by atoms with E-state index in [1.807, 2.05) is 30.3 Å². The van der Waals surface area contributed by atoms with Crippen LogP contribution in [0.25, 0.3) is 0 Å². The smallest absolute Gasteiger partial charge is 0.253 e. The topological polar surface area (TPSA) is 73.2 Å². The highest BCUT2D eigenvalue weighted by Gasteiger charge is 2.04. The third-order valence-electron chi connectivity index (χ3n) is 2.77. The van der Waals surface area contributed by atoms with Crippen LogP contribution in [0.1, 0.15) is 5.69 Å². The Morgan fingerprint density at radius 1 is 1.33 bits per heavy atom. The maximum atomic E-state index is 11.7. The number of aryl methyl sites for hydroxylation is 1. The molecule has 0 unspecified atom stereocenters. The maximum absolute atomic E-state index is 11.7. The highest BCUT2D eigenvalue weighted by molar-refractivity contribution is 5.75. The third kappa shape index (κ3) is 4.76. The van der Waals surface area contributed by atoms with Crippen molar-refractivity contribution in [1.82, 2.24) is 14.9 Å². The average Bonchev–Trinajstić information content (AvgIpc) is 2.48. The lowest BCUT2D eigenvalue weighted by molar-refractivity contribution is -0.121. The Labute approximate surface area is 122 Å². The Bertz CT molecular complexity index is 653. The van der Waals surface area contributed by atoms with Gasteiger partial charge in [-0.3, -0.25) is 14.2 Å². The first-order chi connectivity index (χ1) is 10.1. The second-order valence-corrected chi connectivity index (χ2v) is 4.51. The molecule has 110 valence electrons. The zero-order valence-electron chi connectivity index (χ0n) is 11.8. The SMILES string of the molecule is Cc1cc(=O)n(CC(=O)NCCOc2ccccc2)cn1. The monoisotopic (exact) mass is 287 g/mol. The fourth-order valence-corrected chi connectivity index (χ4v) is 1.72. The molecule has 0 saturated heterocycles. The van der Waals surface area contributed by atoms with Crippen LogP contribution in [0.5, 0.6) is 5.75 Å². The molecule has 1 aromatic carbocycles. The molecule has 0 fully saturated rings. The Kier molecular flexibility index (Phi) is 5.09. The zero-order chi connectivity index (χ0) is 15.1. The van der Waals surface area contributed by atoms with Crippen LogP contribution in [-0.2, 0) is 11.3 Å². The molecule has 6 heteroatoms. The van der Waals surface area contributed by atoms with E-state index in [1.165, 1.54) is 17.0 Å². The van der Waals surface area contributed by atoms with Crippen molar-refractivity contribution in [2.75, 3.05) is 13.2 Å². The number of para-hydroxylation sites is 1. The fraction of sp³-hybridized carbons (Fsp3) is 0.267. The Morgan fingerprint density at radius 2 is 2.10 bits per heavy atom. The average molecular weight is 287 g/mol. The lowest BCUT2D eigenvalue weighted by Gasteiger charge is -2.08. The minimum atomic E-state index is -0.251. The van der Waals surface area contributed by atoms with Gasteiger partial charge in [-0.05, 0) is 19.1 Å². The standard InChI is InChI=1S/C15H17N3O3/c1-12-9-15(20)18(11-17-12)10-14(19)16-7-8-21-13-5-3-2-4-6-13/h2-6,9,11H,7-8,10H2,1H3,(H,16,19). The summed E-state index contributed by atoms with van der Waals surface area (Å²) in [5, 5.41) is 2.69. The molecule has 0 spiro atoms. The molecular weight excluding hydrogens is 270 g/mol. The Morgan fingerprint density at radius 3 is 2.81 bits per heavy atom. The lowest BCUT2D eigenvalue weighted by atomic mass is 10.3. The van der Waals surface area contributed by atoms with Gasteiger partial charge in [0, 0.05) is 11.8 Å². The van der Waals surface area contributed by atoms with Crippen molar-refractivity contribution in [2.45, 2.75) is 13.5 Å². The van der Waals surface area contributed by atoms with E-state index in [2.05, 4.69) is 10.3 Å². The predicted molar refractivity (Wildman–Crippen MR) is 78.2 cm³/mol. The minimum Gasteiger partial charge on any atom is -0.492 e. The van der Waals surface area contributed by atoms with Crippen molar-refractivity contribution < 1.29 is 9.53 Å².